The molecule has 0 unspecified atom stereocenters. The van der Waals surface area contributed by atoms with Crippen LogP contribution in [0.3, 0.4) is 0 Å². The summed E-state index contributed by atoms with van der Waals surface area (Å²) in [7, 11) is 0. The molecule has 0 amide bonds. The van der Waals surface area contributed by atoms with Crippen molar-refractivity contribution < 1.29 is 4.74 Å². The van der Waals surface area contributed by atoms with Crippen molar-refractivity contribution in [3.63, 3.8) is 0 Å². The number of benzene rings is 1. The van der Waals surface area contributed by atoms with Gasteiger partial charge in [-0.3, -0.25) is 4.57 Å². The van der Waals surface area contributed by atoms with Crippen LogP contribution in [0.15, 0.2) is 40.0 Å². The lowest BCUT2D eigenvalue weighted by molar-refractivity contribution is 0.122. The zero-order valence-corrected chi connectivity index (χ0v) is 17.2. The average molecular weight is 414 g/mol. The molecule has 0 saturated carbocycles. The van der Waals surface area contributed by atoms with Crippen LogP contribution in [0, 0.1) is 13.8 Å². The third-order valence-electron chi connectivity index (χ3n) is 4.53. The molecule has 10 heteroatoms. The third-order valence-corrected chi connectivity index (χ3v) is 6.45. The number of morpholine rings is 1. The molecule has 0 spiro atoms. The predicted octanol–water partition coefficient (Wildman–Crippen LogP) is 2.98. The van der Waals surface area contributed by atoms with Crippen molar-refractivity contribution in [2.24, 2.45) is 0 Å². The van der Waals surface area contributed by atoms with Crippen molar-refractivity contribution >= 4 is 34.0 Å². The summed E-state index contributed by atoms with van der Waals surface area (Å²) < 4.78 is 10.3. The number of nitrogens with zero attached hydrogens (tertiary/aromatic N) is 7. The van der Waals surface area contributed by atoms with E-state index < -0.39 is 0 Å². The second-order valence-electron chi connectivity index (χ2n) is 6.63. The highest BCUT2D eigenvalue weighted by Gasteiger charge is 2.23. The maximum atomic E-state index is 5.50. The zero-order chi connectivity index (χ0) is 19.1. The summed E-state index contributed by atoms with van der Waals surface area (Å²) in [6, 6.07) is 8.41. The fraction of sp³-hybridized carbons (Fsp3) is 0.333. The van der Waals surface area contributed by atoms with Gasteiger partial charge in [0.15, 0.2) is 4.34 Å². The molecule has 144 valence electrons. The van der Waals surface area contributed by atoms with E-state index in [2.05, 4.69) is 60.9 Å². The molecule has 1 fully saturated rings. The first kappa shape index (κ1) is 17.7. The molecular weight excluding hydrogens is 394 g/mol. The molecule has 1 aliphatic heterocycles. The Hall–Kier alpha value is -2.43. The van der Waals surface area contributed by atoms with Crippen molar-refractivity contribution in [3.05, 3.63) is 41.7 Å². The van der Waals surface area contributed by atoms with Gasteiger partial charge in [0.2, 0.25) is 16.1 Å². The van der Waals surface area contributed by atoms with Crippen molar-refractivity contribution in [2.75, 3.05) is 31.2 Å². The molecule has 0 bridgehead atoms. The molecule has 28 heavy (non-hydrogen) atoms. The lowest BCUT2D eigenvalue weighted by Crippen LogP contribution is -2.37. The first-order valence-electron chi connectivity index (χ1n) is 9.03. The molecule has 0 N–H and O–H groups in total. The van der Waals surface area contributed by atoms with Gasteiger partial charge in [-0.15, -0.1) is 15.3 Å². The maximum absolute atomic E-state index is 5.50. The third kappa shape index (κ3) is 3.27. The van der Waals surface area contributed by atoms with Crippen LogP contribution in [0.25, 0.3) is 10.6 Å². The Bertz CT molecular complexity index is 1080. The minimum atomic E-state index is 0.701. The SMILES string of the molecule is Cc1ccc(-n2c(Sc3nn4cc(C)nc4s3)nnc2N2CCOCC2)cc1. The lowest BCUT2D eigenvalue weighted by atomic mass is 10.2. The Morgan fingerprint density at radius 2 is 1.86 bits per heavy atom. The first-order chi connectivity index (χ1) is 13.7. The lowest BCUT2D eigenvalue weighted by Gasteiger charge is -2.27. The molecule has 1 aliphatic rings. The van der Waals surface area contributed by atoms with Crippen LogP contribution in [0.5, 0.6) is 0 Å². The number of hydrogen-bond acceptors (Lipinski definition) is 8. The molecule has 1 saturated heterocycles. The van der Waals surface area contributed by atoms with Crippen molar-refractivity contribution in [2.45, 2.75) is 23.3 Å². The van der Waals surface area contributed by atoms with E-state index in [9.17, 15) is 0 Å². The van der Waals surface area contributed by atoms with Crippen LogP contribution in [-0.2, 0) is 4.74 Å². The largest absolute Gasteiger partial charge is 0.378 e. The smallest absolute Gasteiger partial charge is 0.232 e. The number of imidazole rings is 1. The zero-order valence-electron chi connectivity index (χ0n) is 15.6. The van der Waals surface area contributed by atoms with E-state index in [0.29, 0.717) is 13.2 Å². The number of fused-ring (bicyclic) bond motifs is 1. The number of ether oxygens (including phenoxy) is 1. The monoisotopic (exact) mass is 413 g/mol. The molecule has 4 aromatic rings. The van der Waals surface area contributed by atoms with E-state index in [1.165, 1.54) is 17.3 Å². The average Bonchev–Trinajstić information content (AvgIpc) is 3.36. The Morgan fingerprint density at radius 1 is 1.07 bits per heavy atom. The van der Waals surface area contributed by atoms with E-state index in [1.807, 2.05) is 17.6 Å². The second-order valence-corrected chi connectivity index (χ2v) is 8.80. The molecular formula is C18H19N7OS2. The van der Waals surface area contributed by atoms with E-state index in [0.717, 1.165) is 44.9 Å². The van der Waals surface area contributed by atoms with Crippen LogP contribution >= 0.6 is 23.1 Å². The van der Waals surface area contributed by atoms with E-state index in [-0.39, 0.29) is 0 Å². The highest BCUT2D eigenvalue weighted by molar-refractivity contribution is 8.01. The summed E-state index contributed by atoms with van der Waals surface area (Å²) in [5.74, 6) is 0.840. The van der Waals surface area contributed by atoms with Crippen LogP contribution in [-0.4, -0.2) is 55.7 Å². The predicted molar refractivity (Wildman–Crippen MR) is 109 cm³/mol. The van der Waals surface area contributed by atoms with Gasteiger partial charge in [-0.05, 0) is 37.7 Å². The van der Waals surface area contributed by atoms with Gasteiger partial charge in [-0.2, -0.15) is 0 Å². The summed E-state index contributed by atoms with van der Waals surface area (Å²) >= 11 is 3.07. The standard InChI is InChI=1S/C18H19N7OS2/c1-12-3-5-14(6-4-12)25-15(23-7-9-26-10-8-23)20-21-17(25)28-18-22-24-11-13(2)19-16(24)27-18/h3-6,11H,7-10H2,1-2H3. The summed E-state index contributed by atoms with van der Waals surface area (Å²) in [6.45, 7) is 7.06. The summed E-state index contributed by atoms with van der Waals surface area (Å²) in [5.41, 5.74) is 3.22. The maximum Gasteiger partial charge on any atom is 0.232 e. The van der Waals surface area contributed by atoms with Crippen LogP contribution in [0.2, 0.25) is 0 Å². The van der Waals surface area contributed by atoms with Gasteiger partial charge in [-0.1, -0.05) is 29.0 Å². The quantitative estimate of drug-likeness (QED) is 0.509. The topological polar surface area (TPSA) is 73.4 Å². The van der Waals surface area contributed by atoms with Crippen molar-refractivity contribution in [3.8, 4) is 5.69 Å². The molecule has 1 aromatic carbocycles. The number of aromatic nitrogens is 6. The molecule has 8 nitrogen and oxygen atoms in total. The van der Waals surface area contributed by atoms with Gasteiger partial charge in [0.1, 0.15) is 0 Å². The van der Waals surface area contributed by atoms with Gasteiger partial charge in [0, 0.05) is 13.1 Å². The Kier molecular flexibility index (Phi) is 4.53. The number of hydrogen-bond donors (Lipinski definition) is 0. The first-order valence-corrected chi connectivity index (χ1v) is 10.7. The van der Waals surface area contributed by atoms with Gasteiger partial charge in [-0.25, -0.2) is 9.50 Å². The number of anilines is 1. The van der Waals surface area contributed by atoms with Crippen molar-refractivity contribution in [1.82, 2.24) is 29.4 Å². The normalized spacial score (nSPS) is 14.9. The summed E-state index contributed by atoms with van der Waals surface area (Å²) in [6.07, 6.45) is 1.93. The van der Waals surface area contributed by atoms with Gasteiger partial charge in [0.05, 0.1) is 30.8 Å². The summed E-state index contributed by atoms with van der Waals surface area (Å²) in [5, 5.41) is 14.4. The summed E-state index contributed by atoms with van der Waals surface area (Å²) in [4.78, 5) is 7.59. The van der Waals surface area contributed by atoms with Gasteiger partial charge >= 0.3 is 0 Å². The minimum absolute atomic E-state index is 0.701. The molecule has 3 aromatic heterocycles. The van der Waals surface area contributed by atoms with Crippen molar-refractivity contribution in [1.29, 1.82) is 0 Å². The molecule has 0 atom stereocenters. The van der Waals surface area contributed by atoms with E-state index in [4.69, 9.17) is 4.74 Å². The van der Waals surface area contributed by atoms with E-state index >= 15 is 0 Å². The minimum Gasteiger partial charge on any atom is -0.378 e. The van der Waals surface area contributed by atoms with Crippen LogP contribution in [0.4, 0.5) is 5.95 Å². The van der Waals surface area contributed by atoms with Crippen LogP contribution < -0.4 is 4.90 Å². The van der Waals surface area contributed by atoms with Crippen LogP contribution in [0.1, 0.15) is 11.3 Å². The van der Waals surface area contributed by atoms with Gasteiger partial charge < -0.3 is 9.64 Å². The fourth-order valence-corrected chi connectivity index (χ4v) is 5.05. The Morgan fingerprint density at radius 3 is 2.61 bits per heavy atom. The number of aryl methyl sites for hydroxylation is 2. The fourth-order valence-electron chi connectivity index (χ4n) is 3.13. The molecule has 0 radical (unpaired) electrons. The molecule has 5 rings (SSSR count). The molecule has 4 heterocycles. The second kappa shape index (κ2) is 7.19. The highest BCUT2D eigenvalue weighted by Crippen LogP contribution is 2.34. The highest BCUT2D eigenvalue weighted by atomic mass is 32.2. The Balaban J connectivity index is 1.55. The van der Waals surface area contributed by atoms with E-state index in [1.54, 1.807) is 11.3 Å². The number of rotatable bonds is 4. The molecule has 0 aliphatic carbocycles. The Labute approximate surface area is 170 Å². The van der Waals surface area contributed by atoms with Gasteiger partial charge in [0.25, 0.3) is 0 Å².